The first-order valence-electron chi connectivity index (χ1n) is 10.8. The van der Waals surface area contributed by atoms with Gasteiger partial charge in [0.25, 0.3) is 5.91 Å². The number of carbonyl (C=O) groups excluding carboxylic acids is 2. The number of benzene rings is 1. The highest BCUT2D eigenvalue weighted by Crippen LogP contribution is 2.61. The maximum atomic E-state index is 14.3. The molecule has 4 saturated carbocycles. The van der Waals surface area contributed by atoms with E-state index >= 15 is 0 Å². The fraction of sp³-hybridized carbons (Fsp3) is 0.522. The summed E-state index contributed by atoms with van der Waals surface area (Å²) in [5.74, 6) is 1.04. The number of rotatable bonds is 4. The van der Waals surface area contributed by atoms with Gasteiger partial charge in [-0.25, -0.2) is 4.39 Å². The first-order valence-corrected chi connectivity index (χ1v) is 11.2. The fourth-order valence-corrected chi connectivity index (χ4v) is 6.87. The van der Waals surface area contributed by atoms with Crippen LogP contribution in [0.2, 0.25) is 5.02 Å². The lowest BCUT2D eigenvalue weighted by atomic mass is 9.49. The van der Waals surface area contributed by atoms with Gasteiger partial charge in [-0.05, 0) is 80.8 Å². The van der Waals surface area contributed by atoms with Gasteiger partial charge >= 0.3 is 0 Å². The molecule has 0 radical (unpaired) electrons. The Bertz CT molecular complexity index is 995. The van der Waals surface area contributed by atoms with Gasteiger partial charge in [-0.3, -0.25) is 20.4 Å². The van der Waals surface area contributed by atoms with Crippen molar-refractivity contribution in [3.8, 4) is 11.3 Å². The Morgan fingerprint density at radius 1 is 1.16 bits per heavy atom. The third kappa shape index (κ3) is 3.73. The van der Waals surface area contributed by atoms with Crippen molar-refractivity contribution in [1.29, 1.82) is 0 Å². The third-order valence-corrected chi connectivity index (χ3v) is 7.62. The molecule has 4 aliphatic carbocycles. The minimum Gasteiger partial charge on any atom is -0.360 e. The van der Waals surface area contributed by atoms with Crippen molar-refractivity contribution in [2.24, 2.45) is 23.2 Å². The van der Waals surface area contributed by atoms with Crippen molar-refractivity contribution in [1.82, 2.24) is 16.0 Å². The predicted octanol–water partition coefficient (Wildman–Crippen LogP) is 4.81. The highest BCUT2D eigenvalue weighted by molar-refractivity contribution is 6.33. The van der Waals surface area contributed by atoms with Gasteiger partial charge in [0.05, 0.1) is 10.6 Å². The predicted molar refractivity (Wildman–Crippen MR) is 112 cm³/mol. The van der Waals surface area contributed by atoms with E-state index in [1.807, 2.05) is 0 Å². The molecule has 4 bridgehead atoms. The van der Waals surface area contributed by atoms with Crippen LogP contribution in [-0.2, 0) is 4.79 Å². The van der Waals surface area contributed by atoms with Crippen LogP contribution in [0.1, 0.15) is 61.1 Å². The second-order valence-electron chi connectivity index (χ2n) is 9.66. The molecule has 164 valence electrons. The number of aryl methyl sites for hydroxylation is 1. The SMILES string of the molecule is Cc1onc(-c2c(F)cccc2Cl)c1C(=O)NNC(=O)CC12CC3CC(CC(C3)C1)C2. The Morgan fingerprint density at radius 3 is 2.42 bits per heavy atom. The van der Waals surface area contributed by atoms with Crippen LogP contribution in [-0.4, -0.2) is 17.0 Å². The van der Waals surface area contributed by atoms with E-state index in [-0.39, 0.29) is 38.9 Å². The Balaban J connectivity index is 1.28. The highest BCUT2D eigenvalue weighted by Gasteiger charge is 2.51. The summed E-state index contributed by atoms with van der Waals surface area (Å²) >= 11 is 6.13. The summed E-state index contributed by atoms with van der Waals surface area (Å²) < 4.78 is 19.5. The largest absolute Gasteiger partial charge is 0.360 e. The number of hydrazine groups is 1. The van der Waals surface area contributed by atoms with Crippen LogP contribution in [0.3, 0.4) is 0 Å². The molecule has 0 unspecified atom stereocenters. The average molecular weight is 446 g/mol. The second-order valence-corrected chi connectivity index (χ2v) is 10.1. The molecule has 8 heteroatoms. The number of aromatic nitrogens is 1. The van der Waals surface area contributed by atoms with Crippen molar-refractivity contribution in [3.05, 3.63) is 40.4 Å². The van der Waals surface area contributed by atoms with E-state index in [0.717, 1.165) is 37.0 Å². The Hall–Kier alpha value is -2.41. The van der Waals surface area contributed by atoms with E-state index in [0.29, 0.717) is 6.42 Å². The summed E-state index contributed by atoms with van der Waals surface area (Å²) in [6.07, 6.45) is 7.69. The normalized spacial score (nSPS) is 28.5. The van der Waals surface area contributed by atoms with Gasteiger partial charge < -0.3 is 4.52 Å². The van der Waals surface area contributed by atoms with E-state index in [1.54, 1.807) is 6.92 Å². The number of carbonyl (C=O) groups is 2. The molecule has 4 aliphatic rings. The molecule has 31 heavy (non-hydrogen) atoms. The molecule has 0 aliphatic heterocycles. The lowest BCUT2D eigenvalue weighted by molar-refractivity contribution is -0.130. The topological polar surface area (TPSA) is 84.2 Å². The van der Waals surface area contributed by atoms with Gasteiger partial charge in [-0.15, -0.1) is 0 Å². The molecular formula is C23H25ClFN3O3. The first-order chi connectivity index (χ1) is 14.8. The number of halogens is 2. The monoisotopic (exact) mass is 445 g/mol. The zero-order valence-corrected chi connectivity index (χ0v) is 18.1. The smallest absolute Gasteiger partial charge is 0.275 e. The van der Waals surface area contributed by atoms with Crippen LogP contribution < -0.4 is 10.9 Å². The number of nitrogens with zero attached hydrogens (tertiary/aromatic N) is 1. The van der Waals surface area contributed by atoms with Crippen LogP contribution in [0.25, 0.3) is 11.3 Å². The molecule has 0 saturated heterocycles. The van der Waals surface area contributed by atoms with Crippen LogP contribution in [0.5, 0.6) is 0 Å². The summed E-state index contributed by atoms with van der Waals surface area (Å²) in [5.41, 5.74) is 5.11. The summed E-state index contributed by atoms with van der Waals surface area (Å²) in [4.78, 5) is 25.5. The summed E-state index contributed by atoms with van der Waals surface area (Å²) in [6.45, 7) is 1.55. The Kier molecular flexibility index (Phi) is 5.04. The molecule has 2 aromatic rings. The van der Waals surface area contributed by atoms with Gasteiger partial charge in [0.15, 0.2) is 0 Å². The molecule has 4 fully saturated rings. The van der Waals surface area contributed by atoms with Crippen molar-refractivity contribution in [3.63, 3.8) is 0 Å². The summed E-state index contributed by atoms with van der Waals surface area (Å²) in [7, 11) is 0. The first kappa shape index (κ1) is 20.5. The van der Waals surface area contributed by atoms with E-state index in [4.69, 9.17) is 16.1 Å². The standard InChI is InChI=1S/C23H25ClFN3O3/c1-12-19(21(28-31-12)20-16(24)3-2-4-17(20)25)22(30)27-26-18(29)11-23-8-13-5-14(9-23)7-15(6-13)10-23/h2-4,13-15H,5-11H2,1H3,(H,26,29)(H,27,30). The molecule has 0 atom stereocenters. The molecule has 0 spiro atoms. The van der Waals surface area contributed by atoms with Gasteiger partial charge in [0, 0.05) is 6.42 Å². The quantitative estimate of drug-likeness (QED) is 0.661. The van der Waals surface area contributed by atoms with Gasteiger partial charge in [-0.2, -0.15) is 0 Å². The van der Waals surface area contributed by atoms with Crippen molar-refractivity contribution in [2.45, 2.75) is 51.9 Å². The molecule has 2 amide bonds. The van der Waals surface area contributed by atoms with Crippen LogP contribution in [0.15, 0.2) is 22.7 Å². The van der Waals surface area contributed by atoms with Crippen molar-refractivity contribution >= 4 is 23.4 Å². The molecule has 6 nitrogen and oxygen atoms in total. The Labute approximate surface area is 184 Å². The number of hydrogen-bond donors (Lipinski definition) is 2. The van der Waals surface area contributed by atoms with E-state index in [9.17, 15) is 14.0 Å². The minimum atomic E-state index is -0.619. The van der Waals surface area contributed by atoms with E-state index < -0.39 is 11.7 Å². The van der Waals surface area contributed by atoms with Crippen LogP contribution in [0.4, 0.5) is 4.39 Å². The third-order valence-electron chi connectivity index (χ3n) is 7.31. The molecule has 1 heterocycles. The summed E-state index contributed by atoms with van der Waals surface area (Å²) in [6, 6.07) is 4.22. The maximum absolute atomic E-state index is 14.3. The second kappa shape index (κ2) is 7.62. The van der Waals surface area contributed by atoms with Crippen LogP contribution in [0, 0.1) is 35.9 Å². The lowest BCUT2D eigenvalue weighted by Gasteiger charge is -2.56. The van der Waals surface area contributed by atoms with Gasteiger partial charge in [0.2, 0.25) is 5.91 Å². The van der Waals surface area contributed by atoms with Crippen molar-refractivity contribution < 1.29 is 18.5 Å². The average Bonchev–Trinajstić information content (AvgIpc) is 3.06. The fourth-order valence-electron chi connectivity index (χ4n) is 6.61. The maximum Gasteiger partial charge on any atom is 0.275 e. The molecule has 6 rings (SSSR count). The lowest BCUT2D eigenvalue weighted by Crippen LogP contribution is -2.50. The molecule has 1 aromatic carbocycles. The molecular weight excluding hydrogens is 421 g/mol. The number of hydrogen-bond acceptors (Lipinski definition) is 4. The Morgan fingerprint density at radius 2 is 1.81 bits per heavy atom. The molecule has 1 aromatic heterocycles. The van der Waals surface area contributed by atoms with E-state index in [2.05, 4.69) is 16.0 Å². The van der Waals surface area contributed by atoms with Gasteiger partial charge in [-0.1, -0.05) is 22.8 Å². The highest BCUT2D eigenvalue weighted by atomic mass is 35.5. The van der Waals surface area contributed by atoms with Crippen molar-refractivity contribution in [2.75, 3.05) is 0 Å². The van der Waals surface area contributed by atoms with Crippen LogP contribution >= 0.6 is 11.6 Å². The zero-order chi connectivity index (χ0) is 21.8. The number of amides is 2. The number of nitrogens with one attached hydrogen (secondary N) is 2. The van der Waals surface area contributed by atoms with E-state index in [1.165, 1.54) is 37.5 Å². The minimum absolute atomic E-state index is 0.00781. The summed E-state index contributed by atoms with van der Waals surface area (Å²) in [5, 5.41) is 3.95. The molecule has 2 N–H and O–H groups in total. The van der Waals surface area contributed by atoms with Gasteiger partial charge in [0.1, 0.15) is 22.8 Å². The zero-order valence-electron chi connectivity index (χ0n) is 17.3.